The molecular weight excluding hydrogens is 398 g/mol. The minimum absolute atomic E-state index is 0.171. The molecule has 0 atom stereocenters. The second-order valence-electron chi connectivity index (χ2n) is 9.25. The molecule has 3 nitrogen and oxygen atoms in total. The van der Waals surface area contributed by atoms with Gasteiger partial charge in [0.1, 0.15) is 5.75 Å². The SMILES string of the molecule is COc1ccc(/C(=C/c2ccccn2)c2ccccc2CO[Si](C)(C)C(C)(C)C)cc1. The molecule has 0 bridgehead atoms. The standard InChI is InChI=1S/C27H33NO2Si/c1-27(2,3)31(5,6)30-20-22-11-7-8-13-25(22)26(19-23-12-9-10-18-28-23)21-14-16-24(29-4)17-15-21/h7-19H,20H2,1-6H3/b26-19-. The van der Waals surface area contributed by atoms with Crippen molar-refractivity contribution < 1.29 is 9.16 Å². The summed E-state index contributed by atoms with van der Waals surface area (Å²) in [6.45, 7) is 12.0. The molecule has 3 aromatic rings. The smallest absolute Gasteiger partial charge is 0.192 e. The van der Waals surface area contributed by atoms with Gasteiger partial charge < -0.3 is 9.16 Å². The Bertz CT molecular complexity index is 1020. The number of methoxy groups -OCH3 is 1. The molecule has 31 heavy (non-hydrogen) atoms. The molecule has 0 aliphatic rings. The number of hydrogen-bond donors (Lipinski definition) is 0. The molecule has 0 saturated carbocycles. The molecule has 0 radical (unpaired) electrons. The van der Waals surface area contributed by atoms with Crippen LogP contribution in [0.1, 0.15) is 43.2 Å². The normalized spacial score (nSPS) is 12.6. The van der Waals surface area contributed by atoms with E-state index in [0.29, 0.717) is 6.61 Å². The summed E-state index contributed by atoms with van der Waals surface area (Å²) >= 11 is 0. The van der Waals surface area contributed by atoms with E-state index in [1.807, 2.05) is 36.5 Å². The van der Waals surface area contributed by atoms with E-state index in [-0.39, 0.29) is 5.04 Å². The molecule has 0 fully saturated rings. The first-order valence-corrected chi connectivity index (χ1v) is 13.6. The van der Waals surface area contributed by atoms with Gasteiger partial charge in [0, 0.05) is 6.20 Å². The molecule has 0 unspecified atom stereocenters. The van der Waals surface area contributed by atoms with Crippen molar-refractivity contribution in [3.05, 3.63) is 95.3 Å². The third-order valence-corrected chi connectivity index (χ3v) is 10.6. The van der Waals surface area contributed by atoms with E-state index in [4.69, 9.17) is 9.16 Å². The Kier molecular flexibility index (Phi) is 7.14. The molecule has 0 spiro atoms. The van der Waals surface area contributed by atoms with Gasteiger partial charge in [0.05, 0.1) is 19.4 Å². The van der Waals surface area contributed by atoms with Gasteiger partial charge in [-0.3, -0.25) is 4.98 Å². The summed E-state index contributed by atoms with van der Waals surface area (Å²) < 4.78 is 11.9. The van der Waals surface area contributed by atoms with Gasteiger partial charge in [-0.2, -0.15) is 0 Å². The Morgan fingerprint density at radius 1 is 0.935 bits per heavy atom. The molecule has 2 aromatic carbocycles. The van der Waals surface area contributed by atoms with Crippen LogP contribution in [0.5, 0.6) is 5.75 Å². The van der Waals surface area contributed by atoms with Crippen LogP contribution in [-0.4, -0.2) is 20.4 Å². The molecule has 162 valence electrons. The first kappa shape index (κ1) is 23.0. The number of ether oxygens (including phenoxy) is 1. The van der Waals surface area contributed by atoms with Crippen molar-refractivity contribution in [2.75, 3.05) is 7.11 Å². The summed E-state index contributed by atoms with van der Waals surface area (Å²) in [6, 6.07) is 22.7. The van der Waals surface area contributed by atoms with Crippen molar-refractivity contribution in [1.82, 2.24) is 4.98 Å². The fourth-order valence-electron chi connectivity index (χ4n) is 3.08. The first-order valence-electron chi connectivity index (χ1n) is 10.7. The van der Waals surface area contributed by atoms with E-state index >= 15 is 0 Å². The first-order chi connectivity index (χ1) is 14.7. The van der Waals surface area contributed by atoms with Crippen LogP contribution >= 0.6 is 0 Å². The lowest BCUT2D eigenvalue weighted by molar-refractivity contribution is 0.276. The number of benzene rings is 2. The number of nitrogens with zero attached hydrogens (tertiary/aromatic N) is 1. The molecule has 0 amide bonds. The van der Waals surface area contributed by atoms with Gasteiger partial charge in [0.15, 0.2) is 8.32 Å². The third kappa shape index (κ3) is 5.72. The minimum atomic E-state index is -1.86. The number of hydrogen-bond acceptors (Lipinski definition) is 3. The van der Waals surface area contributed by atoms with Crippen LogP contribution in [0.2, 0.25) is 18.1 Å². The van der Waals surface area contributed by atoms with Gasteiger partial charge in [-0.25, -0.2) is 0 Å². The van der Waals surface area contributed by atoms with Gasteiger partial charge >= 0.3 is 0 Å². The van der Waals surface area contributed by atoms with E-state index < -0.39 is 8.32 Å². The fourth-order valence-corrected chi connectivity index (χ4v) is 4.03. The van der Waals surface area contributed by atoms with Crippen LogP contribution < -0.4 is 4.74 Å². The maximum absolute atomic E-state index is 6.57. The topological polar surface area (TPSA) is 31.4 Å². The third-order valence-electron chi connectivity index (χ3n) is 6.08. The van der Waals surface area contributed by atoms with Gasteiger partial charge in [-0.1, -0.05) is 63.2 Å². The fraction of sp³-hybridized carbons (Fsp3) is 0.296. The zero-order chi connectivity index (χ0) is 22.5. The van der Waals surface area contributed by atoms with Crippen molar-refractivity contribution in [1.29, 1.82) is 0 Å². The maximum atomic E-state index is 6.57. The van der Waals surface area contributed by atoms with Crippen LogP contribution in [-0.2, 0) is 11.0 Å². The lowest BCUT2D eigenvalue weighted by Crippen LogP contribution is -2.40. The molecule has 1 aromatic heterocycles. The Morgan fingerprint density at radius 2 is 1.61 bits per heavy atom. The summed E-state index contributed by atoms with van der Waals surface area (Å²) in [4.78, 5) is 4.53. The average Bonchev–Trinajstić information content (AvgIpc) is 2.76. The monoisotopic (exact) mass is 431 g/mol. The Hall–Kier alpha value is -2.69. The number of rotatable bonds is 7. The zero-order valence-corrected chi connectivity index (χ0v) is 20.5. The van der Waals surface area contributed by atoms with Crippen LogP contribution in [0.3, 0.4) is 0 Å². The van der Waals surface area contributed by atoms with E-state index in [0.717, 1.165) is 28.1 Å². The number of aromatic nitrogens is 1. The predicted octanol–water partition coefficient (Wildman–Crippen LogP) is 7.20. The average molecular weight is 432 g/mol. The number of pyridine rings is 1. The van der Waals surface area contributed by atoms with Gasteiger partial charge in [-0.15, -0.1) is 0 Å². The van der Waals surface area contributed by atoms with Gasteiger partial charge in [-0.05, 0) is 70.7 Å². The molecule has 3 rings (SSSR count). The largest absolute Gasteiger partial charge is 0.497 e. The summed E-state index contributed by atoms with van der Waals surface area (Å²) in [5.74, 6) is 0.843. The highest BCUT2D eigenvalue weighted by Gasteiger charge is 2.37. The van der Waals surface area contributed by atoms with Gasteiger partial charge in [0.2, 0.25) is 0 Å². The summed E-state index contributed by atoms with van der Waals surface area (Å²) in [5, 5.41) is 0.171. The molecular formula is C27H33NO2Si. The minimum Gasteiger partial charge on any atom is -0.497 e. The molecule has 0 aliphatic carbocycles. The highest BCUT2D eigenvalue weighted by atomic mass is 28.4. The van der Waals surface area contributed by atoms with Crippen LogP contribution in [0.4, 0.5) is 0 Å². The quantitative estimate of drug-likeness (QED) is 0.371. The summed E-state index contributed by atoms with van der Waals surface area (Å²) in [7, 11) is -0.172. The van der Waals surface area contributed by atoms with Crippen molar-refractivity contribution in [2.45, 2.75) is 45.5 Å². The molecule has 4 heteroatoms. The molecule has 0 N–H and O–H groups in total. The molecule has 1 heterocycles. The van der Waals surface area contributed by atoms with E-state index in [1.165, 1.54) is 5.56 Å². The highest BCUT2D eigenvalue weighted by molar-refractivity contribution is 6.74. The van der Waals surface area contributed by atoms with Crippen molar-refractivity contribution in [3.8, 4) is 5.75 Å². The van der Waals surface area contributed by atoms with E-state index in [9.17, 15) is 0 Å². The zero-order valence-electron chi connectivity index (χ0n) is 19.5. The lowest BCUT2D eigenvalue weighted by Gasteiger charge is -2.36. The predicted molar refractivity (Wildman–Crippen MR) is 133 cm³/mol. The van der Waals surface area contributed by atoms with E-state index in [2.05, 4.69) is 81.3 Å². The maximum Gasteiger partial charge on any atom is 0.192 e. The van der Waals surface area contributed by atoms with Gasteiger partial charge in [0.25, 0.3) is 0 Å². The summed E-state index contributed by atoms with van der Waals surface area (Å²) in [5.41, 5.74) is 5.51. The van der Waals surface area contributed by atoms with Crippen molar-refractivity contribution in [2.24, 2.45) is 0 Å². The Morgan fingerprint density at radius 3 is 2.23 bits per heavy atom. The van der Waals surface area contributed by atoms with Crippen LogP contribution in [0, 0.1) is 0 Å². The molecule has 0 saturated heterocycles. The van der Waals surface area contributed by atoms with Crippen LogP contribution in [0.15, 0.2) is 72.9 Å². The molecule has 0 aliphatic heterocycles. The second kappa shape index (κ2) is 9.63. The summed E-state index contributed by atoms with van der Waals surface area (Å²) in [6.07, 6.45) is 3.97. The van der Waals surface area contributed by atoms with Crippen molar-refractivity contribution >= 4 is 20.0 Å². The van der Waals surface area contributed by atoms with Crippen molar-refractivity contribution in [3.63, 3.8) is 0 Å². The highest BCUT2D eigenvalue weighted by Crippen LogP contribution is 2.38. The van der Waals surface area contributed by atoms with E-state index in [1.54, 1.807) is 7.11 Å². The van der Waals surface area contributed by atoms with Crippen LogP contribution in [0.25, 0.3) is 11.6 Å². The Balaban J connectivity index is 2.05. The Labute approximate surface area is 187 Å². The lowest BCUT2D eigenvalue weighted by atomic mass is 9.93. The second-order valence-corrected chi connectivity index (χ2v) is 14.1.